The van der Waals surface area contributed by atoms with Crippen molar-refractivity contribution in [1.29, 1.82) is 0 Å². The molecule has 0 unspecified atom stereocenters. The lowest BCUT2D eigenvalue weighted by Crippen LogP contribution is -2.37. The van der Waals surface area contributed by atoms with Gasteiger partial charge in [0.25, 0.3) is 0 Å². The van der Waals surface area contributed by atoms with E-state index in [0.717, 1.165) is 5.56 Å². The first-order valence-corrected chi connectivity index (χ1v) is 10.2. The molecule has 0 atom stereocenters. The van der Waals surface area contributed by atoms with Crippen LogP contribution in [-0.4, -0.2) is 33.7 Å². The van der Waals surface area contributed by atoms with Gasteiger partial charge in [-0.3, -0.25) is 4.99 Å². The molecule has 0 aliphatic carbocycles. The van der Waals surface area contributed by atoms with E-state index in [1.165, 1.54) is 6.07 Å². The Morgan fingerprint density at radius 1 is 1.04 bits per heavy atom. The molecule has 0 bridgehead atoms. The van der Waals surface area contributed by atoms with Crippen LogP contribution in [0.2, 0.25) is 0 Å². The first-order valence-electron chi connectivity index (χ1n) is 8.42. The van der Waals surface area contributed by atoms with Gasteiger partial charge in [0.15, 0.2) is 15.8 Å². The maximum absolute atomic E-state index is 13.6. The van der Waals surface area contributed by atoms with Crippen LogP contribution in [-0.2, 0) is 22.1 Å². The highest BCUT2D eigenvalue weighted by atomic mass is 127. The quantitative estimate of drug-likeness (QED) is 0.251. The summed E-state index contributed by atoms with van der Waals surface area (Å²) in [7, 11) is -1.54. The maximum Gasteiger partial charge on any atom is 0.191 e. The third-order valence-corrected chi connectivity index (χ3v) is 5.47. The Hall–Kier alpha value is -1.68. The standard InChI is InChI=1S/C19H24FN3O2S.HI/c1-21-19(23-14-17-10-5-6-11-18(17)20)22-12-7-13-26(24,25)15-16-8-3-2-4-9-16;/h2-6,8-11H,7,12-15H2,1H3,(H2,21,22,23);1H. The van der Waals surface area contributed by atoms with Crippen LogP contribution in [0.5, 0.6) is 0 Å². The second kappa shape index (κ2) is 11.9. The van der Waals surface area contributed by atoms with E-state index in [4.69, 9.17) is 0 Å². The Balaban J connectivity index is 0.00000364. The van der Waals surface area contributed by atoms with Crippen LogP contribution in [0.1, 0.15) is 17.5 Å². The lowest BCUT2D eigenvalue weighted by Gasteiger charge is -2.12. The molecule has 0 saturated carbocycles. The Morgan fingerprint density at radius 3 is 2.37 bits per heavy atom. The lowest BCUT2D eigenvalue weighted by atomic mass is 10.2. The molecule has 0 aliphatic heterocycles. The molecule has 148 valence electrons. The van der Waals surface area contributed by atoms with Crippen molar-refractivity contribution in [2.45, 2.75) is 18.7 Å². The summed E-state index contributed by atoms with van der Waals surface area (Å²) in [5.41, 5.74) is 1.34. The van der Waals surface area contributed by atoms with Gasteiger partial charge in [0.2, 0.25) is 0 Å². The van der Waals surface area contributed by atoms with Crippen LogP contribution in [0.25, 0.3) is 0 Å². The molecule has 8 heteroatoms. The molecule has 0 amide bonds. The van der Waals surface area contributed by atoms with E-state index in [1.54, 1.807) is 25.2 Å². The van der Waals surface area contributed by atoms with Gasteiger partial charge in [-0.15, -0.1) is 24.0 Å². The minimum Gasteiger partial charge on any atom is -0.356 e. The van der Waals surface area contributed by atoms with E-state index in [1.807, 2.05) is 30.3 Å². The molecule has 2 N–H and O–H groups in total. The summed E-state index contributed by atoms with van der Waals surface area (Å²) in [6.07, 6.45) is 0.468. The smallest absolute Gasteiger partial charge is 0.191 e. The fraction of sp³-hybridized carbons (Fsp3) is 0.316. The molecule has 0 spiro atoms. The summed E-state index contributed by atoms with van der Waals surface area (Å²) >= 11 is 0. The Labute approximate surface area is 177 Å². The molecular weight excluding hydrogens is 480 g/mol. The molecule has 0 fully saturated rings. The topological polar surface area (TPSA) is 70.6 Å². The fourth-order valence-electron chi connectivity index (χ4n) is 2.44. The summed E-state index contributed by atoms with van der Waals surface area (Å²) in [6.45, 7) is 0.767. The highest BCUT2D eigenvalue weighted by Crippen LogP contribution is 2.07. The molecule has 5 nitrogen and oxygen atoms in total. The van der Waals surface area contributed by atoms with Crippen molar-refractivity contribution in [2.24, 2.45) is 4.99 Å². The van der Waals surface area contributed by atoms with Crippen molar-refractivity contribution in [1.82, 2.24) is 10.6 Å². The first kappa shape index (κ1) is 23.4. The minimum absolute atomic E-state index is 0. The number of halogens is 2. The largest absolute Gasteiger partial charge is 0.356 e. The van der Waals surface area contributed by atoms with E-state index >= 15 is 0 Å². The van der Waals surface area contributed by atoms with Crippen molar-refractivity contribution in [2.75, 3.05) is 19.3 Å². The predicted octanol–water partition coefficient (Wildman–Crippen LogP) is 3.11. The lowest BCUT2D eigenvalue weighted by molar-refractivity contribution is 0.591. The second-order valence-electron chi connectivity index (χ2n) is 5.88. The molecule has 2 rings (SSSR count). The van der Waals surface area contributed by atoms with Gasteiger partial charge in [0, 0.05) is 25.7 Å². The summed E-state index contributed by atoms with van der Waals surface area (Å²) < 4.78 is 37.9. The van der Waals surface area contributed by atoms with Crippen molar-refractivity contribution >= 4 is 39.8 Å². The summed E-state index contributed by atoms with van der Waals surface area (Å²) in [5.74, 6) is 0.379. The van der Waals surface area contributed by atoms with Crippen LogP contribution >= 0.6 is 24.0 Å². The van der Waals surface area contributed by atoms with Crippen molar-refractivity contribution < 1.29 is 12.8 Å². The van der Waals surface area contributed by atoms with E-state index in [0.29, 0.717) is 31.0 Å². The number of hydrogen-bond donors (Lipinski definition) is 2. The average Bonchev–Trinajstić information content (AvgIpc) is 2.63. The van der Waals surface area contributed by atoms with Crippen molar-refractivity contribution in [3.05, 3.63) is 71.5 Å². The molecule has 2 aromatic carbocycles. The van der Waals surface area contributed by atoms with Gasteiger partial charge >= 0.3 is 0 Å². The number of benzene rings is 2. The van der Waals surface area contributed by atoms with E-state index in [-0.39, 0.29) is 41.3 Å². The number of hydrogen-bond acceptors (Lipinski definition) is 3. The predicted molar refractivity (Wildman–Crippen MR) is 119 cm³/mol. The Morgan fingerprint density at radius 2 is 1.70 bits per heavy atom. The van der Waals surface area contributed by atoms with Crippen molar-refractivity contribution in [3.63, 3.8) is 0 Å². The van der Waals surface area contributed by atoms with Crippen LogP contribution in [0.15, 0.2) is 59.6 Å². The van der Waals surface area contributed by atoms with Gasteiger partial charge in [-0.1, -0.05) is 48.5 Å². The van der Waals surface area contributed by atoms with Crippen LogP contribution in [0.3, 0.4) is 0 Å². The second-order valence-corrected chi connectivity index (χ2v) is 8.06. The number of aliphatic imine (C=N–C) groups is 1. The van der Waals surface area contributed by atoms with Gasteiger partial charge in [-0.2, -0.15) is 0 Å². The van der Waals surface area contributed by atoms with Crippen LogP contribution in [0, 0.1) is 5.82 Å². The molecule has 0 aromatic heterocycles. The van der Waals surface area contributed by atoms with Crippen LogP contribution < -0.4 is 10.6 Å². The zero-order chi connectivity index (χ0) is 18.8. The normalized spacial score (nSPS) is 11.6. The van der Waals surface area contributed by atoms with Gasteiger partial charge < -0.3 is 10.6 Å². The van der Waals surface area contributed by atoms with Gasteiger partial charge in [0.05, 0.1) is 11.5 Å². The first-order chi connectivity index (χ1) is 12.5. The highest BCUT2D eigenvalue weighted by Gasteiger charge is 2.11. The van der Waals surface area contributed by atoms with Gasteiger partial charge in [-0.25, -0.2) is 12.8 Å². The van der Waals surface area contributed by atoms with Crippen molar-refractivity contribution in [3.8, 4) is 0 Å². The molecule has 0 radical (unpaired) electrons. The Bertz CT molecular complexity index is 830. The molecular formula is C19H25FIN3O2S. The van der Waals surface area contributed by atoms with E-state index < -0.39 is 9.84 Å². The number of nitrogens with zero attached hydrogens (tertiary/aromatic N) is 1. The Kier molecular flexibility index (Phi) is 10.3. The van der Waals surface area contributed by atoms with Crippen LogP contribution in [0.4, 0.5) is 4.39 Å². The van der Waals surface area contributed by atoms with E-state index in [9.17, 15) is 12.8 Å². The van der Waals surface area contributed by atoms with E-state index in [2.05, 4.69) is 15.6 Å². The molecule has 0 saturated heterocycles. The summed E-state index contributed by atoms with van der Waals surface area (Å²) in [4.78, 5) is 4.06. The monoisotopic (exact) mass is 505 g/mol. The van der Waals surface area contributed by atoms with Gasteiger partial charge in [-0.05, 0) is 18.1 Å². The molecule has 2 aromatic rings. The zero-order valence-corrected chi connectivity index (χ0v) is 18.3. The minimum atomic E-state index is -3.15. The average molecular weight is 505 g/mol. The number of sulfone groups is 1. The third kappa shape index (κ3) is 8.70. The summed E-state index contributed by atoms with van der Waals surface area (Å²) in [5, 5.41) is 6.06. The molecule has 0 aliphatic rings. The number of rotatable bonds is 8. The number of guanidine groups is 1. The van der Waals surface area contributed by atoms with Gasteiger partial charge in [0.1, 0.15) is 5.82 Å². The zero-order valence-electron chi connectivity index (χ0n) is 15.2. The number of nitrogens with one attached hydrogen (secondary N) is 2. The third-order valence-electron chi connectivity index (χ3n) is 3.78. The molecule has 0 heterocycles. The fourth-order valence-corrected chi connectivity index (χ4v) is 3.87. The highest BCUT2D eigenvalue weighted by molar-refractivity contribution is 14.0. The SMILES string of the molecule is CN=C(NCCCS(=O)(=O)Cc1ccccc1)NCc1ccccc1F.I. The summed E-state index contributed by atoms with van der Waals surface area (Å²) in [6, 6.07) is 15.7. The molecule has 27 heavy (non-hydrogen) atoms. The maximum atomic E-state index is 13.6.